The average Bonchev–Trinajstić information content (AvgIpc) is 2.88. The summed E-state index contributed by atoms with van der Waals surface area (Å²) >= 11 is 5.89. The Hall–Kier alpha value is -2.01. The van der Waals surface area contributed by atoms with Crippen LogP contribution in [0.1, 0.15) is 35.6 Å². The number of rotatable bonds is 4. The first-order chi connectivity index (χ1) is 9.10. The Morgan fingerprint density at radius 3 is 2.89 bits per heavy atom. The van der Waals surface area contributed by atoms with E-state index in [-0.39, 0.29) is 11.9 Å². The fourth-order valence-corrected chi connectivity index (χ4v) is 2.06. The number of aromatic nitrogens is 2. The average molecular weight is 279 g/mol. The van der Waals surface area contributed by atoms with Gasteiger partial charge in [-0.1, -0.05) is 18.5 Å². The highest BCUT2D eigenvalue weighted by molar-refractivity contribution is 6.31. The number of hydrogen-bond donors (Lipinski definition) is 3. The normalized spacial score (nSPS) is 12.1. The van der Waals surface area contributed by atoms with Crippen LogP contribution in [-0.2, 0) is 0 Å². The summed E-state index contributed by atoms with van der Waals surface area (Å²) < 4.78 is 0. The minimum Gasteiger partial charge on any atom is -0.399 e. The van der Waals surface area contributed by atoms with Crippen LogP contribution >= 0.6 is 11.6 Å². The van der Waals surface area contributed by atoms with Crippen LogP contribution in [0.15, 0.2) is 30.6 Å². The molecule has 0 fully saturated rings. The van der Waals surface area contributed by atoms with Gasteiger partial charge >= 0.3 is 0 Å². The highest BCUT2D eigenvalue weighted by Gasteiger charge is 2.16. The topological polar surface area (TPSA) is 83.8 Å². The minimum atomic E-state index is -0.225. The summed E-state index contributed by atoms with van der Waals surface area (Å²) in [5, 5.41) is 3.33. The molecule has 0 saturated carbocycles. The lowest BCUT2D eigenvalue weighted by atomic mass is 10.1. The van der Waals surface area contributed by atoms with Crippen LogP contribution in [0.25, 0.3) is 0 Å². The zero-order chi connectivity index (χ0) is 13.8. The maximum Gasteiger partial charge on any atom is 0.251 e. The molecule has 1 aromatic heterocycles. The number of benzene rings is 1. The second-order valence-corrected chi connectivity index (χ2v) is 4.62. The molecule has 1 aromatic carbocycles. The smallest absolute Gasteiger partial charge is 0.251 e. The zero-order valence-corrected chi connectivity index (χ0v) is 11.2. The molecule has 0 spiro atoms. The Bertz CT molecular complexity index is 548. The Morgan fingerprint density at radius 2 is 2.32 bits per heavy atom. The SMILES string of the molecule is CCC(NC(=O)c1cc(N)cc(Cl)c1)c1ncc[nH]1. The number of hydrogen-bond acceptors (Lipinski definition) is 3. The van der Waals surface area contributed by atoms with E-state index < -0.39 is 0 Å². The molecule has 0 radical (unpaired) electrons. The van der Waals surface area contributed by atoms with Gasteiger partial charge in [-0.2, -0.15) is 0 Å². The van der Waals surface area contributed by atoms with Gasteiger partial charge in [-0.25, -0.2) is 4.98 Å². The number of carbonyl (C=O) groups excluding carboxylic acids is 1. The molecule has 19 heavy (non-hydrogen) atoms. The van der Waals surface area contributed by atoms with Gasteiger partial charge < -0.3 is 16.0 Å². The summed E-state index contributed by atoms with van der Waals surface area (Å²) in [4.78, 5) is 19.3. The predicted molar refractivity (Wildman–Crippen MR) is 75.0 cm³/mol. The van der Waals surface area contributed by atoms with Gasteiger partial charge in [0.15, 0.2) is 0 Å². The van der Waals surface area contributed by atoms with Crippen LogP contribution in [0, 0.1) is 0 Å². The van der Waals surface area contributed by atoms with Crippen LogP contribution in [0.4, 0.5) is 5.69 Å². The van der Waals surface area contributed by atoms with Crippen LogP contribution < -0.4 is 11.1 Å². The van der Waals surface area contributed by atoms with Crippen molar-refractivity contribution >= 4 is 23.2 Å². The molecule has 2 aromatic rings. The third-order valence-corrected chi connectivity index (χ3v) is 2.96. The van der Waals surface area contributed by atoms with Crippen LogP contribution in [-0.4, -0.2) is 15.9 Å². The van der Waals surface area contributed by atoms with E-state index in [4.69, 9.17) is 17.3 Å². The maximum atomic E-state index is 12.1. The quantitative estimate of drug-likeness (QED) is 0.752. The van der Waals surface area contributed by atoms with Crippen molar-refractivity contribution in [1.82, 2.24) is 15.3 Å². The molecular weight excluding hydrogens is 264 g/mol. The molecule has 1 atom stereocenters. The number of nitrogens with two attached hydrogens (primary N) is 1. The molecule has 4 N–H and O–H groups in total. The highest BCUT2D eigenvalue weighted by Crippen LogP contribution is 2.18. The van der Waals surface area contributed by atoms with Crippen molar-refractivity contribution in [2.45, 2.75) is 19.4 Å². The maximum absolute atomic E-state index is 12.1. The number of H-pyrrole nitrogens is 1. The molecule has 1 heterocycles. The van der Waals surface area contributed by atoms with E-state index in [0.29, 0.717) is 16.3 Å². The van der Waals surface area contributed by atoms with E-state index in [0.717, 1.165) is 12.2 Å². The second-order valence-electron chi connectivity index (χ2n) is 4.18. The summed E-state index contributed by atoms with van der Waals surface area (Å²) in [7, 11) is 0. The molecule has 0 aliphatic carbocycles. The van der Waals surface area contributed by atoms with Crippen molar-refractivity contribution in [1.29, 1.82) is 0 Å². The van der Waals surface area contributed by atoms with Crippen molar-refractivity contribution < 1.29 is 4.79 Å². The minimum absolute atomic E-state index is 0.164. The van der Waals surface area contributed by atoms with Gasteiger partial charge in [0.2, 0.25) is 0 Å². The lowest BCUT2D eigenvalue weighted by Gasteiger charge is -2.15. The lowest BCUT2D eigenvalue weighted by molar-refractivity contribution is 0.0934. The lowest BCUT2D eigenvalue weighted by Crippen LogP contribution is -2.29. The van der Waals surface area contributed by atoms with Crippen molar-refractivity contribution in [3.8, 4) is 0 Å². The van der Waals surface area contributed by atoms with Crippen molar-refractivity contribution in [2.75, 3.05) is 5.73 Å². The number of halogens is 1. The molecule has 6 heteroatoms. The number of nitrogens with one attached hydrogen (secondary N) is 2. The number of nitrogens with zero attached hydrogens (tertiary/aromatic N) is 1. The number of anilines is 1. The number of amides is 1. The van der Waals surface area contributed by atoms with E-state index >= 15 is 0 Å². The largest absolute Gasteiger partial charge is 0.399 e. The van der Waals surface area contributed by atoms with Crippen LogP contribution in [0.3, 0.4) is 0 Å². The monoisotopic (exact) mass is 278 g/mol. The summed E-state index contributed by atoms with van der Waals surface area (Å²) in [6.45, 7) is 1.97. The Morgan fingerprint density at radius 1 is 1.53 bits per heavy atom. The van der Waals surface area contributed by atoms with E-state index in [2.05, 4.69) is 15.3 Å². The summed E-state index contributed by atoms with van der Waals surface area (Å²) in [5.74, 6) is 0.503. The van der Waals surface area contributed by atoms with Crippen molar-refractivity contribution in [3.63, 3.8) is 0 Å². The van der Waals surface area contributed by atoms with Gasteiger partial charge in [0.1, 0.15) is 5.82 Å². The molecule has 0 saturated heterocycles. The number of imidazole rings is 1. The van der Waals surface area contributed by atoms with Crippen molar-refractivity contribution in [2.24, 2.45) is 0 Å². The molecule has 0 aliphatic heterocycles. The second kappa shape index (κ2) is 5.75. The first-order valence-corrected chi connectivity index (χ1v) is 6.34. The van der Waals surface area contributed by atoms with Crippen molar-refractivity contribution in [3.05, 3.63) is 47.0 Å². The molecule has 1 unspecified atom stereocenters. The highest BCUT2D eigenvalue weighted by atomic mass is 35.5. The van der Waals surface area contributed by atoms with E-state index in [1.807, 2.05) is 6.92 Å². The third kappa shape index (κ3) is 3.26. The first-order valence-electron chi connectivity index (χ1n) is 5.96. The van der Waals surface area contributed by atoms with E-state index in [9.17, 15) is 4.79 Å². The van der Waals surface area contributed by atoms with Gasteiger partial charge in [-0.3, -0.25) is 4.79 Å². The van der Waals surface area contributed by atoms with Gasteiger partial charge in [0.25, 0.3) is 5.91 Å². The van der Waals surface area contributed by atoms with Gasteiger partial charge in [-0.05, 0) is 24.6 Å². The molecule has 1 amide bonds. The van der Waals surface area contributed by atoms with Crippen LogP contribution in [0.2, 0.25) is 5.02 Å². The van der Waals surface area contributed by atoms with Crippen LogP contribution in [0.5, 0.6) is 0 Å². The fraction of sp³-hybridized carbons (Fsp3) is 0.231. The van der Waals surface area contributed by atoms with Gasteiger partial charge in [0, 0.05) is 28.7 Å². The molecular formula is C13H15ClN4O. The van der Waals surface area contributed by atoms with Gasteiger partial charge in [-0.15, -0.1) is 0 Å². The number of aromatic amines is 1. The molecule has 0 aliphatic rings. The number of carbonyl (C=O) groups is 1. The Kier molecular flexibility index (Phi) is 4.06. The van der Waals surface area contributed by atoms with E-state index in [1.54, 1.807) is 30.6 Å². The third-order valence-electron chi connectivity index (χ3n) is 2.75. The molecule has 0 bridgehead atoms. The van der Waals surface area contributed by atoms with E-state index in [1.165, 1.54) is 0 Å². The summed E-state index contributed by atoms with van der Waals surface area (Å²) in [5.41, 5.74) is 6.57. The standard InChI is InChI=1S/C13H15ClN4O/c1-2-11(12-16-3-4-17-12)18-13(19)8-5-9(14)7-10(15)6-8/h3-7,11H,2,15H2,1H3,(H,16,17)(H,18,19). The Labute approximate surface area is 116 Å². The van der Waals surface area contributed by atoms with Gasteiger partial charge in [0.05, 0.1) is 6.04 Å². The molecule has 2 rings (SSSR count). The predicted octanol–water partition coefficient (Wildman–Crippen LogP) is 2.53. The molecule has 100 valence electrons. The summed E-state index contributed by atoms with van der Waals surface area (Å²) in [6.07, 6.45) is 4.11. The zero-order valence-electron chi connectivity index (χ0n) is 10.5. The summed E-state index contributed by atoms with van der Waals surface area (Å²) in [6, 6.07) is 4.61. The number of nitrogen functional groups attached to an aromatic ring is 1. The molecule has 5 nitrogen and oxygen atoms in total. The Balaban J connectivity index is 2.15. The first kappa shape index (κ1) is 13.4. The fourth-order valence-electron chi connectivity index (χ4n) is 1.82.